The Kier molecular flexibility index (Phi) is 4.10. The molecule has 0 aromatic heterocycles. The molecule has 1 rings (SSSR count). The van der Waals surface area contributed by atoms with Crippen molar-refractivity contribution in [2.24, 2.45) is 5.73 Å². The number of carbonyl (C=O) groups excluding carboxylic acids is 2. The molecule has 0 aliphatic rings. The van der Waals surface area contributed by atoms with Gasteiger partial charge in [-0.15, -0.1) is 0 Å². The number of esters is 1. The predicted octanol–water partition coefficient (Wildman–Crippen LogP) is 1.04. The van der Waals surface area contributed by atoms with Gasteiger partial charge in [-0.2, -0.15) is 0 Å². The monoisotopic (exact) mass is 237 g/mol. The molecule has 3 N–H and O–H groups in total. The van der Waals surface area contributed by atoms with E-state index in [0.29, 0.717) is 5.56 Å². The van der Waals surface area contributed by atoms with Crippen molar-refractivity contribution < 1.29 is 24.2 Å². The third-order valence-electron chi connectivity index (χ3n) is 1.82. The molecule has 6 nitrogen and oxygen atoms in total. The molecule has 1 aromatic carbocycles. The Labute approximate surface area is 97.3 Å². The highest BCUT2D eigenvalue weighted by Crippen LogP contribution is 2.26. The second kappa shape index (κ2) is 5.55. The van der Waals surface area contributed by atoms with Crippen LogP contribution in [0.5, 0.6) is 11.5 Å². The first-order chi connectivity index (χ1) is 8.02. The largest absolute Gasteiger partial charge is 0.504 e. The van der Waals surface area contributed by atoms with Gasteiger partial charge in [-0.3, -0.25) is 0 Å². The van der Waals surface area contributed by atoms with Crippen LogP contribution in [0.1, 0.15) is 5.56 Å². The fourth-order valence-electron chi connectivity index (χ4n) is 1.10. The number of nitrogens with two attached hydrogens (primary N) is 1. The topological polar surface area (TPSA) is 98.9 Å². The number of phenolic OH excluding ortho intramolecular Hbond substituents is 1. The van der Waals surface area contributed by atoms with Crippen LogP contribution in [0.2, 0.25) is 0 Å². The van der Waals surface area contributed by atoms with E-state index in [9.17, 15) is 14.7 Å². The Hall–Kier alpha value is -2.50. The number of benzene rings is 1. The summed E-state index contributed by atoms with van der Waals surface area (Å²) in [6, 6.07) is 4.49. The summed E-state index contributed by atoms with van der Waals surface area (Å²) >= 11 is 0. The van der Waals surface area contributed by atoms with Gasteiger partial charge in [-0.05, 0) is 23.8 Å². The summed E-state index contributed by atoms with van der Waals surface area (Å²) in [6.45, 7) is 0. The van der Waals surface area contributed by atoms with E-state index < -0.39 is 12.1 Å². The number of primary amides is 1. The van der Waals surface area contributed by atoms with Crippen LogP contribution in [-0.2, 0) is 9.53 Å². The molecule has 0 unspecified atom stereocenters. The Morgan fingerprint density at radius 1 is 1.41 bits per heavy atom. The van der Waals surface area contributed by atoms with Crippen LogP contribution >= 0.6 is 0 Å². The van der Waals surface area contributed by atoms with Crippen molar-refractivity contribution in [3.05, 3.63) is 29.8 Å². The maximum atomic E-state index is 11.0. The maximum Gasteiger partial charge on any atom is 0.412 e. The molecule has 0 atom stereocenters. The molecule has 90 valence electrons. The molecule has 6 heteroatoms. The predicted molar refractivity (Wildman–Crippen MR) is 59.4 cm³/mol. The molecule has 0 saturated heterocycles. The van der Waals surface area contributed by atoms with Gasteiger partial charge < -0.3 is 20.3 Å². The average molecular weight is 237 g/mol. The van der Waals surface area contributed by atoms with Crippen LogP contribution in [0.25, 0.3) is 6.08 Å². The maximum absolute atomic E-state index is 11.0. The van der Waals surface area contributed by atoms with Gasteiger partial charge in [0.25, 0.3) is 0 Å². The molecule has 0 saturated carbocycles. The van der Waals surface area contributed by atoms with E-state index in [1.807, 2.05) is 0 Å². The number of phenols is 1. The van der Waals surface area contributed by atoms with Gasteiger partial charge in [-0.1, -0.05) is 6.07 Å². The summed E-state index contributed by atoms with van der Waals surface area (Å²) in [5, 5.41) is 9.33. The average Bonchev–Trinajstić information content (AvgIpc) is 2.27. The molecular weight excluding hydrogens is 226 g/mol. The molecule has 0 spiro atoms. The minimum absolute atomic E-state index is 0.00985. The smallest absolute Gasteiger partial charge is 0.412 e. The van der Waals surface area contributed by atoms with Crippen molar-refractivity contribution in [2.75, 3.05) is 7.11 Å². The van der Waals surface area contributed by atoms with E-state index in [0.717, 1.165) is 6.08 Å². The Balaban J connectivity index is 2.78. The highest BCUT2D eigenvalue weighted by Gasteiger charge is 2.03. The summed E-state index contributed by atoms with van der Waals surface area (Å²) in [4.78, 5) is 21.2. The van der Waals surface area contributed by atoms with Crippen LogP contribution in [0, 0.1) is 0 Å². The van der Waals surface area contributed by atoms with E-state index in [1.165, 1.54) is 25.3 Å². The van der Waals surface area contributed by atoms with Crippen LogP contribution < -0.4 is 10.5 Å². The van der Waals surface area contributed by atoms with Gasteiger partial charge in [0, 0.05) is 6.08 Å². The number of hydrogen-bond acceptors (Lipinski definition) is 5. The molecular formula is C11H11NO5. The third kappa shape index (κ3) is 3.86. The van der Waals surface area contributed by atoms with E-state index in [4.69, 9.17) is 4.74 Å². The number of aromatic hydroxyl groups is 1. The molecule has 0 bridgehead atoms. The van der Waals surface area contributed by atoms with Crippen molar-refractivity contribution in [3.63, 3.8) is 0 Å². The SMILES string of the molecule is COc1cc(C=CC(=O)OC(N)=O)ccc1O. The number of methoxy groups -OCH3 is 1. The number of carbonyl (C=O) groups is 2. The van der Waals surface area contributed by atoms with Crippen LogP contribution in [0.15, 0.2) is 24.3 Å². The van der Waals surface area contributed by atoms with Crippen LogP contribution in [0.4, 0.5) is 4.79 Å². The number of amides is 1. The van der Waals surface area contributed by atoms with Gasteiger partial charge >= 0.3 is 12.1 Å². The summed E-state index contributed by atoms with van der Waals surface area (Å²) in [7, 11) is 1.41. The first-order valence-corrected chi connectivity index (χ1v) is 4.59. The van der Waals surface area contributed by atoms with Crippen LogP contribution in [-0.4, -0.2) is 24.3 Å². The van der Waals surface area contributed by atoms with Gasteiger partial charge in [0.2, 0.25) is 0 Å². The molecule has 0 aliphatic carbocycles. The minimum atomic E-state index is -1.16. The van der Waals surface area contributed by atoms with Gasteiger partial charge in [0.1, 0.15) is 0 Å². The van der Waals surface area contributed by atoms with Gasteiger partial charge in [0.05, 0.1) is 7.11 Å². The molecule has 0 fully saturated rings. The first-order valence-electron chi connectivity index (χ1n) is 4.59. The number of rotatable bonds is 3. The van der Waals surface area contributed by atoms with Gasteiger partial charge in [0.15, 0.2) is 11.5 Å². The number of hydrogen-bond donors (Lipinski definition) is 2. The Morgan fingerprint density at radius 3 is 2.71 bits per heavy atom. The van der Waals surface area contributed by atoms with E-state index in [-0.39, 0.29) is 11.5 Å². The lowest BCUT2D eigenvalue weighted by molar-refractivity contribution is -0.131. The van der Waals surface area contributed by atoms with Crippen molar-refractivity contribution in [1.82, 2.24) is 0 Å². The molecule has 0 aliphatic heterocycles. The Morgan fingerprint density at radius 2 is 2.12 bits per heavy atom. The molecule has 17 heavy (non-hydrogen) atoms. The third-order valence-corrected chi connectivity index (χ3v) is 1.82. The highest BCUT2D eigenvalue weighted by atomic mass is 16.6. The second-order valence-electron chi connectivity index (χ2n) is 3.00. The van der Waals surface area contributed by atoms with Gasteiger partial charge in [-0.25, -0.2) is 9.59 Å². The highest BCUT2D eigenvalue weighted by molar-refractivity contribution is 5.93. The van der Waals surface area contributed by atoms with Crippen molar-refractivity contribution in [3.8, 4) is 11.5 Å². The summed E-state index contributed by atoms with van der Waals surface area (Å²) in [5.74, 6) is -0.607. The lowest BCUT2D eigenvalue weighted by Crippen LogP contribution is -2.16. The lowest BCUT2D eigenvalue weighted by atomic mass is 10.2. The van der Waals surface area contributed by atoms with E-state index in [2.05, 4.69) is 10.5 Å². The van der Waals surface area contributed by atoms with Crippen molar-refractivity contribution in [2.45, 2.75) is 0 Å². The van der Waals surface area contributed by atoms with Crippen LogP contribution in [0.3, 0.4) is 0 Å². The summed E-state index contributed by atoms with van der Waals surface area (Å²) < 4.78 is 8.97. The minimum Gasteiger partial charge on any atom is -0.504 e. The lowest BCUT2D eigenvalue weighted by Gasteiger charge is -2.03. The normalized spacial score (nSPS) is 10.2. The van der Waals surface area contributed by atoms with E-state index in [1.54, 1.807) is 6.07 Å². The summed E-state index contributed by atoms with van der Waals surface area (Å²) in [5.41, 5.74) is 5.26. The standard InChI is InChI=1S/C11H11NO5/c1-16-9-6-7(2-4-8(9)13)3-5-10(14)17-11(12)15/h2-6,13H,1H3,(H2,12,15). The van der Waals surface area contributed by atoms with Crippen molar-refractivity contribution >= 4 is 18.1 Å². The first kappa shape index (κ1) is 12.6. The summed E-state index contributed by atoms with van der Waals surface area (Å²) in [6.07, 6.45) is 1.27. The number of ether oxygens (including phenoxy) is 2. The Bertz CT molecular complexity index is 467. The zero-order valence-electron chi connectivity index (χ0n) is 9.04. The zero-order chi connectivity index (χ0) is 12.8. The molecule has 1 aromatic rings. The van der Waals surface area contributed by atoms with Crippen molar-refractivity contribution in [1.29, 1.82) is 0 Å². The molecule has 1 amide bonds. The van der Waals surface area contributed by atoms with E-state index >= 15 is 0 Å². The quantitative estimate of drug-likeness (QED) is 0.464. The molecule has 0 radical (unpaired) electrons. The fraction of sp³-hybridized carbons (Fsp3) is 0.0909. The second-order valence-corrected chi connectivity index (χ2v) is 3.00. The zero-order valence-corrected chi connectivity index (χ0v) is 9.04. The molecule has 0 heterocycles. The fourth-order valence-corrected chi connectivity index (χ4v) is 1.10.